The highest BCUT2D eigenvalue weighted by atomic mass is 19.1. The summed E-state index contributed by atoms with van der Waals surface area (Å²) in [6.07, 6.45) is 3.79. The maximum atomic E-state index is 13.7. The largest absolute Gasteiger partial charge is 0.438 e. The number of carbonyl (C=O) groups excluding carboxylic acids is 1. The number of nitrogens with two attached hydrogens (primary N) is 1. The molecule has 37 heavy (non-hydrogen) atoms. The first-order valence-electron chi connectivity index (χ1n) is 12.3. The first-order chi connectivity index (χ1) is 17.7. The van der Waals surface area contributed by atoms with Gasteiger partial charge in [0, 0.05) is 28.2 Å². The number of alkyl carbamates (subject to hydrolysis) is 1. The Morgan fingerprint density at radius 2 is 1.70 bits per heavy atom. The fourth-order valence-corrected chi connectivity index (χ4v) is 4.67. The summed E-state index contributed by atoms with van der Waals surface area (Å²) in [5.41, 5.74) is 6.58. The number of hydrogen-bond acceptors (Lipinski definition) is 6. The zero-order valence-corrected chi connectivity index (χ0v) is 21.1. The molecule has 1 aliphatic carbocycles. The number of nitrogens with zero attached hydrogens (tertiary/aromatic N) is 2. The van der Waals surface area contributed by atoms with Gasteiger partial charge in [0.1, 0.15) is 17.2 Å². The number of pyridine rings is 2. The van der Waals surface area contributed by atoms with Crippen LogP contribution in [0.5, 0.6) is 0 Å². The Balaban J connectivity index is 1.55. The third kappa shape index (κ3) is 4.97. The van der Waals surface area contributed by atoms with Gasteiger partial charge in [0.25, 0.3) is 0 Å². The lowest BCUT2D eigenvalue weighted by molar-refractivity contribution is -0.0549. The van der Waals surface area contributed by atoms with Gasteiger partial charge < -0.3 is 15.5 Å². The number of amides is 1. The number of halogens is 1. The normalized spacial score (nSPS) is 14.6. The molecule has 2 heterocycles. The third-order valence-electron chi connectivity index (χ3n) is 6.65. The number of rotatable bonds is 5. The molecule has 0 bridgehead atoms. The summed E-state index contributed by atoms with van der Waals surface area (Å²) in [4.78, 5) is 21.8. The Kier molecular flexibility index (Phi) is 6.29. The van der Waals surface area contributed by atoms with E-state index < -0.39 is 11.7 Å². The van der Waals surface area contributed by atoms with Crippen LogP contribution in [-0.4, -0.2) is 21.6 Å². The standard InChI is InChI=1S/C29H30FN5O2/c1-28(2,3)34-27(36)37-29(14-4-15-29)20-9-5-19(6-10-20)25-22(18-7-11-21(30)12-8-18)17-23-24(33-25)13-16-32-26(23)35-31/h5-13,16-17H,4,14-15,31H2,1-3H3,(H,32,35)(H,34,36). The van der Waals surface area contributed by atoms with Crippen LogP contribution < -0.4 is 16.6 Å². The van der Waals surface area contributed by atoms with E-state index in [1.165, 1.54) is 12.1 Å². The molecule has 1 fully saturated rings. The van der Waals surface area contributed by atoms with Gasteiger partial charge in [-0.1, -0.05) is 36.4 Å². The molecule has 1 aliphatic rings. The molecule has 4 N–H and O–H groups in total. The molecule has 0 atom stereocenters. The number of hydrogen-bond donors (Lipinski definition) is 3. The average Bonchev–Trinajstić information content (AvgIpc) is 2.84. The molecule has 0 aliphatic heterocycles. The van der Waals surface area contributed by atoms with Gasteiger partial charge in [0.05, 0.1) is 11.2 Å². The fraction of sp³-hybridized carbons (Fsp3) is 0.276. The van der Waals surface area contributed by atoms with E-state index in [0.29, 0.717) is 5.82 Å². The topological polar surface area (TPSA) is 102 Å². The highest BCUT2D eigenvalue weighted by Crippen LogP contribution is 2.45. The first kappa shape index (κ1) is 24.6. The van der Waals surface area contributed by atoms with Gasteiger partial charge >= 0.3 is 6.09 Å². The van der Waals surface area contributed by atoms with Crippen molar-refractivity contribution < 1.29 is 13.9 Å². The molecule has 7 nitrogen and oxygen atoms in total. The molecular formula is C29H30FN5O2. The molecule has 2 aromatic heterocycles. The fourth-order valence-electron chi connectivity index (χ4n) is 4.67. The van der Waals surface area contributed by atoms with Gasteiger partial charge in [-0.3, -0.25) is 0 Å². The minimum atomic E-state index is -0.627. The molecule has 0 spiro atoms. The van der Waals surface area contributed by atoms with Gasteiger partial charge in [-0.15, -0.1) is 0 Å². The maximum absolute atomic E-state index is 13.7. The summed E-state index contributed by atoms with van der Waals surface area (Å²) in [5, 5.41) is 3.65. The second-order valence-corrected chi connectivity index (χ2v) is 10.5. The Bertz CT molecular complexity index is 1440. The highest BCUT2D eigenvalue weighted by molar-refractivity contribution is 5.96. The van der Waals surface area contributed by atoms with E-state index >= 15 is 0 Å². The molecule has 5 rings (SSSR count). The lowest BCUT2D eigenvalue weighted by Gasteiger charge is -2.42. The van der Waals surface area contributed by atoms with Crippen LogP contribution in [-0.2, 0) is 10.3 Å². The van der Waals surface area contributed by atoms with E-state index in [2.05, 4.69) is 15.7 Å². The summed E-state index contributed by atoms with van der Waals surface area (Å²) in [6, 6.07) is 18.1. The van der Waals surface area contributed by atoms with Gasteiger partial charge in [0.2, 0.25) is 0 Å². The lowest BCUT2D eigenvalue weighted by Crippen LogP contribution is -2.47. The van der Waals surface area contributed by atoms with E-state index in [1.807, 2.05) is 57.2 Å². The second kappa shape index (κ2) is 9.44. The monoisotopic (exact) mass is 499 g/mol. The third-order valence-corrected chi connectivity index (χ3v) is 6.65. The van der Waals surface area contributed by atoms with Crippen molar-refractivity contribution in [1.82, 2.24) is 15.3 Å². The molecule has 4 aromatic rings. The number of benzene rings is 2. The molecule has 1 saturated carbocycles. The van der Waals surface area contributed by atoms with Crippen LogP contribution in [0.4, 0.5) is 15.0 Å². The highest BCUT2D eigenvalue weighted by Gasteiger charge is 2.43. The van der Waals surface area contributed by atoms with Crippen LogP contribution in [0, 0.1) is 5.82 Å². The Morgan fingerprint density at radius 3 is 2.30 bits per heavy atom. The molecule has 8 heteroatoms. The summed E-state index contributed by atoms with van der Waals surface area (Å²) in [6.45, 7) is 5.77. The van der Waals surface area contributed by atoms with Gasteiger partial charge in [-0.25, -0.2) is 25.0 Å². The quantitative estimate of drug-likeness (QED) is 0.220. The van der Waals surface area contributed by atoms with Crippen LogP contribution in [0.15, 0.2) is 66.9 Å². The lowest BCUT2D eigenvalue weighted by atomic mass is 9.74. The van der Waals surface area contributed by atoms with E-state index in [0.717, 1.165) is 58.1 Å². The van der Waals surface area contributed by atoms with Crippen molar-refractivity contribution in [3.05, 3.63) is 78.2 Å². The van der Waals surface area contributed by atoms with Crippen molar-refractivity contribution >= 4 is 22.8 Å². The van der Waals surface area contributed by atoms with Crippen molar-refractivity contribution in [1.29, 1.82) is 0 Å². The smallest absolute Gasteiger partial charge is 0.408 e. The number of ether oxygens (including phenoxy) is 1. The molecule has 0 radical (unpaired) electrons. The Labute approximate surface area is 215 Å². The zero-order valence-electron chi connectivity index (χ0n) is 21.1. The minimum Gasteiger partial charge on any atom is -0.438 e. The molecular weight excluding hydrogens is 469 g/mol. The predicted molar refractivity (Wildman–Crippen MR) is 143 cm³/mol. The zero-order chi connectivity index (χ0) is 26.2. The molecule has 0 unspecified atom stereocenters. The van der Waals surface area contributed by atoms with E-state index in [-0.39, 0.29) is 11.4 Å². The number of anilines is 1. The SMILES string of the molecule is CC(C)(C)NC(=O)OC1(c2ccc(-c3nc4ccnc(NN)c4cc3-c3ccc(F)cc3)cc2)CCC1. The van der Waals surface area contributed by atoms with Crippen LogP contribution in [0.25, 0.3) is 33.3 Å². The number of aromatic nitrogens is 2. The maximum Gasteiger partial charge on any atom is 0.408 e. The summed E-state index contributed by atoms with van der Waals surface area (Å²) < 4.78 is 19.6. The van der Waals surface area contributed by atoms with E-state index in [9.17, 15) is 9.18 Å². The van der Waals surface area contributed by atoms with E-state index in [1.54, 1.807) is 18.3 Å². The molecule has 1 amide bonds. The van der Waals surface area contributed by atoms with Crippen molar-refractivity contribution in [3.8, 4) is 22.4 Å². The van der Waals surface area contributed by atoms with Crippen LogP contribution in [0.2, 0.25) is 0 Å². The summed E-state index contributed by atoms with van der Waals surface area (Å²) in [5.74, 6) is 5.89. The second-order valence-electron chi connectivity index (χ2n) is 10.5. The van der Waals surface area contributed by atoms with Gasteiger partial charge in [-0.2, -0.15) is 0 Å². The van der Waals surface area contributed by atoms with Gasteiger partial charge in [-0.05, 0) is 75.4 Å². The van der Waals surface area contributed by atoms with Crippen LogP contribution in [0.1, 0.15) is 45.6 Å². The van der Waals surface area contributed by atoms with Crippen molar-refractivity contribution in [3.63, 3.8) is 0 Å². The molecule has 2 aromatic carbocycles. The Morgan fingerprint density at radius 1 is 1.03 bits per heavy atom. The van der Waals surface area contributed by atoms with Crippen molar-refractivity contribution in [2.24, 2.45) is 5.84 Å². The number of hydrazine groups is 1. The molecule has 190 valence electrons. The summed E-state index contributed by atoms with van der Waals surface area (Å²) in [7, 11) is 0. The van der Waals surface area contributed by atoms with Gasteiger partial charge in [0.15, 0.2) is 0 Å². The van der Waals surface area contributed by atoms with Crippen molar-refractivity contribution in [2.75, 3.05) is 5.43 Å². The Hall–Kier alpha value is -4.04. The predicted octanol–water partition coefficient (Wildman–Crippen LogP) is 6.29. The molecule has 0 saturated heterocycles. The number of fused-ring (bicyclic) bond motifs is 1. The van der Waals surface area contributed by atoms with Crippen LogP contribution >= 0.6 is 0 Å². The average molecular weight is 500 g/mol. The number of nitrogen functional groups attached to an aromatic ring is 1. The van der Waals surface area contributed by atoms with E-state index in [4.69, 9.17) is 15.6 Å². The minimum absolute atomic E-state index is 0.310. The number of nitrogens with one attached hydrogen (secondary N) is 2. The first-order valence-corrected chi connectivity index (χ1v) is 12.3. The number of carbonyl (C=O) groups is 1. The van der Waals surface area contributed by atoms with Crippen molar-refractivity contribution in [2.45, 2.75) is 51.2 Å². The van der Waals surface area contributed by atoms with Crippen LogP contribution in [0.3, 0.4) is 0 Å². The summed E-state index contributed by atoms with van der Waals surface area (Å²) >= 11 is 0.